The second-order valence-electron chi connectivity index (χ2n) is 5.96. The third-order valence-corrected chi connectivity index (χ3v) is 4.13. The summed E-state index contributed by atoms with van der Waals surface area (Å²) in [6, 6.07) is 7.59. The van der Waals surface area contributed by atoms with Crippen molar-refractivity contribution in [2.24, 2.45) is 0 Å². The van der Waals surface area contributed by atoms with Crippen molar-refractivity contribution in [2.45, 2.75) is 52.6 Å². The van der Waals surface area contributed by atoms with Crippen LogP contribution in [0.3, 0.4) is 0 Å². The Morgan fingerprint density at radius 2 is 2.00 bits per heavy atom. The Kier molecular flexibility index (Phi) is 5.30. The summed E-state index contributed by atoms with van der Waals surface area (Å²) in [5.41, 5.74) is 2.51. The van der Waals surface area contributed by atoms with E-state index in [0.29, 0.717) is 12.1 Å². The van der Waals surface area contributed by atoms with Crippen LogP contribution in [0.15, 0.2) is 18.2 Å². The summed E-state index contributed by atoms with van der Waals surface area (Å²) in [4.78, 5) is 2.56. The van der Waals surface area contributed by atoms with E-state index >= 15 is 0 Å². The van der Waals surface area contributed by atoms with Crippen molar-refractivity contribution in [3.8, 4) is 5.75 Å². The maximum atomic E-state index is 5.54. The normalized spacial score (nSPS) is 17.4. The van der Waals surface area contributed by atoms with E-state index in [0.717, 1.165) is 12.4 Å². The van der Waals surface area contributed by atoms with Crippen molar-refractivity contribution in [2.75, 3.05) is 25.0 Å². The summed E-state index contributed by atoms with van der Waals surface area (Å²) in [5.74, 6) is 0.963. The molecule has 20 heavy (non-hydrogen) atoms. The second kappa shape index (κ2) is 6.98. The van der Waals surface area contributed by atoms with E-state index in [1.54, 1.807) is 0 Å². The minimum Gasteiger partial charge on any atom is -0.494 e. The molecule has 1 aliphatic rings. The highest BCUT2D eigenvalue weighted by atomic mass is 16.5. The van der Waals surface area contributed by atoms with Gasteiger partial charge in [0.2, 0.25) is 0 Å². The van der Waals surface area contributed by atoms with Crippen LogP contribution in [-0.4, -0.2) is 36.7 Å². The van der Waals surface area contributed by atoms with Crippen molar-refractivity contribution < 1.29 is 4.74 Å². The van der Waals surface area contributed by atoms with Crippen LogP contribution >= 0.6 is 0 Å². The number of nitrogens with zero attached hydrogens (tertiary/aromatic N) is 1. The molecule has 1 aromatic rings. The van der Waals surface area contributed by atoms with Gasteiger partial charge in [0.15, 0.2) is 0 Å². The van der Waals surface area contributed by atoms with Crippen molar-refractivity contribution >= 4 is 5.69 Å². The first-order valence-corrected chi connectivity index (χ1v) is 7.84. The zero-order chi connectivity index (χ0) is 14.5. The lowest BCUT2D eigenvalue weighted by Gasteiger charge is -2.35. The number of hydrogen-bond acceptors (Lipinski definition) is 3. The Morgan fingerprint density at radius 1 is 1.30 bits per heavy atom. The Labute approximate surface area is 123 Å². The maximum Gasteiger partial charge on any atom is 0.119 e. The van der Waals surface area contributed by atoms with Gasteiger partial charge >= 0.3 is 0 Å². The molecule has 0 bridgehead atoms. The molecule has 2 rings (SSSR count). The molecule has 112 valence electrons. The van der Waals surface area contributed by atoms with Gasteiger partial charge in [0.1, 0.15) is 5.75 Å². The number of anilines is 1. The number of rotatable bonds is 5. The van der Waals surface area contributed by atoms with Crippen molar-refractivity contribution in [1.29, 1.82) is 0 Å². The van der Waals surface area contributed by atoms with E-state index in [1.807, 2.05) is 6.92 Å². The molecule has 0 radical (unpaired) electrons. The van der Waals surface area contributed by atoms with Gasteiger partial charge in [-0.1, -0.05) is 0 Å². The SMILES string of the molecule is CCOc1ccc(NC2CCN(C(C)C)CC2)c(C)c1. The van der Waals surface area contributed by atoms with E-state index in [9.17, 15) is 0 Å². The van der Waals surface area contributed by atoms with Crippen LogP contribution in [0.25, 0.3) is 0 Å². The van der Waals surface area contributed by atoms with E-state index in [4.69, 9.17) is 4.74 Å². The van der Waals surface area contributed by atoms with Crippen molar-refractivity contribution in [3.05, 3.63) is 23.8 Å². The van der Waals surface area contributed by atoms with Gasteiger partial charge in [-0.2, -0.15) is 0 Å². The minimum atomic E-state index is 0.599. The fourth-order valence-corrected chi connectivity index (χ4v) is 2.83. The molecule has 3 heteroatoms. The maximum absolute atomic E-state index is 5.54. The number of piperidine rings is 1. The number of aryl methyl sites for hydroxylation is 1. The third-order valence-electron chi connectivity index (χ3n) is 4.13. The van der Waals surface area contributed by atoms with Crippen molar-refractivity contribution in [3.63, 3.8) is 0 Å². The van der Waals surface area contributed by atoms with E-state index in [1.165, 1.54) is 37.2 Å². The molecule has 0 spiro atoms. The van der Waals surface area contributed by atoms with E-state index in [2.05, 4.69) is 49.2 Å². The first-order chi connectivity index (χ1) is 9.60. The van der Waals surface area contributed by atoms with E-state index in [-0.39, 0.29) is 0 Å². The van der Waals surface area contributed by atoms with Crippen LogP contribution in [0.2, 0.25) is 0 Å². The quantitative estimate of drug-likeness (QED) is 0.888. The molecule has 0 aromatic heterocycles. The summed E-state index contributed by atoms with van der Waals surface area (Å²) in [6.07, 6.45) is 2.45. The molecule has 0 aliphatic carbocycles. The van der Waals surface area contributed by atoms with Crippen LogP contribution in [0, 0.1) is 6.92 Å². The highest BCUT2D eigenvalue weighted by Gasteiger charge is 2.20. The smallest absolute Gasteiger partial charge is 0.119 e. The topological polar surface area (TPSA) is 24.5 Å². The predicted octanol–water partition coefficient (Wildman–Crippen LogP) is 3.68. The van der Waals surface area contributed by atoms with Crippen LogP contribution in [-0.2, 0) is 0 Å². The average molecular weight is 276 g/mol. The summed E-state index contributed by atoms with van der Waals surface area (Å²) in [7, 11) is 0. The second-order valence-corrected chi connectivity index (χ2v) is 5.96. The Hall–Kier alpha value is -1.22. The summed E-state index contributed by atoms with van der Waals surface area (Å²) in [6.45, 7) is 11.9. The van der Waals surface area contributed by atoms with Crippen LogP contribution in [0.4, 0.5) is 5.69 Å². The number of ether oxygens (including phenoxy) is 1. The molecule has 0 amide bonds. The molecular formula is C17H28N2O. The number of likely N-dealkylation sites (tertiary alicyclic amines) is 1. The average Bonchev–Trinajstić information content (AvgIpc) is 2.43. The lowest BCUT2D eigenvalue weighted by molar-refractivity contribution is 0.177. The number of hydrogen-bond donors (Lipinski definition) is 1. The van der Waals surface area contributed by atoms with Crippen LogP contribution in [0.5, 0.6) is 5.75 Å². The fourth-order valence-electron chi connectivity index (χ4n) is 2.83. The zero-order valence-electron chi connectivity index (χ0n) is 13.3. The predicted molar refractivity (Wildman–Crippen MR) is 85.7 cm³/mol. The summed E-state index contributed by atoms with van der Waals surface area (Å²) >= 11 is 0. The standard InChI is InChI=1S/C17H28N2O/c1-5-20-16-6-7-17(14(4)12-16)18-15-8-10-19(11-9-15)13(2)3/h6-7,12-13,15,18H,5,8-11H2,1-4H3. The highest BCUT2D eigenvalue weighted by molar-refractivity contribution is 5.54. The van der Waals surface area contributed by atoms with Gasteiger partial charge in [0.25, 0.3) is 0 Å². The Bertz CT molecular complexity index is 423. The zero-order valence-corrected chi connectivity index (χ0v) is 13.3. The van der Waals surface area contributed by atoms with Gasteiger partial charge in [-0.3, -0.25) is 0 Å². The number of nitrogens with one attached hydrogen (secondary N) is 1. The molecule has 1 saturated heterocycles. The lowest BCUT2D eigenvalue weighted by atomic mass is 10.0. The van der Waals surface area contributed by atoms with E-state index < -0.39 is 0 Å². The monoisotopic (exact) mass is 276 g/mol. The highest BCUT2D eigenvalue weighted by Crippen LogP contribution is 2.24. The molecule has 1 aromatic carbocycles. The van der Waals surface area contributed by atoms with Crippen molar-refractivity contribution in [1.82, 2.24) is 4.90 Å². The number of benzene rings is 1. The summed E-state index contributed by atoms with van der Waals surface area (Å²) in [5, 5.41) is 3.70. The first kappa shape index (κ1) is 15.2. The van der Waals surface area contributed by atoms with Gasteiger partial charge < -0.3 is 15.0 Å². The Morgan fingerprint density at radius 3 is 2.55 bits per heavy atom. The molecule has 1 N–H and O–H groups in total. The molecule has 1 heterocycles. The van der Waals surface area contributed by atoms with Gasteiger partial charge in [-0.25, -0.2) is 0 Å². The van der Waals surface area contributed by atoms with Crippen LogP contribution in [0.1, 0.15) is 39.2 Å². The largest absolute Gasteiger partial charge is 0.494 e. The molecule has 1 aliphatic heterocycles. The van der Waals surface area contributed by atoms with Gasteiger partial charge in [0, 0.05) is 30.9 Å². The van der Waals surface area contributed by atoms with Crippen LogP contribution < -0.4 is 10.1 Å². The van der Waals surface area contributed by atoms with Gasteiger partial charge in [0.05, 0.1) is 6.61 Å². The molecule has 1 fully saturated rings. The first-order valence-electron chi connectivity index (χ1n) is 7.84. The third kappa shape index (κ3) is 3.89. The molecule has 0 saturated carbocycles. The summed E-state index contributed by atoms with van der Waals surface area (Å²) < 4.78 is 5.54. The molecule has 0 unspecified atom stereocenters. The van der Waals surface area contributed by atoms with Gasteiger partial charge in [-0.05, 0) is 64.3 Å². The lowest BCUT2D eigenvalue weighted by Crippen LogP contribution is -2.42. The fraction of sp³-hybridized carbons (Fsp3) is 0.647. The minimum absolute atomic E-state index is 0.599. The molecule has 0 atom stereocenters. The molecule has 3 nitrogen and oxygen atoms in total. The Balaban J connectivity index is 1.91. The molecular weight excluding hydrogens is 248 g/mol. The van der Waals surface area contributed by atoms with Gasteiger partial charge in [-0.15, -0.1) is 0 Å².